The van der Waals surface area contributed by atoms with Gasteiger partial charge in [0.15, 0.2) is 5.16 Å². The third-order valence-electron chi connectivity index (χ3n) is 5.35. The van der Waals surface area contributed by atoms with E-state index in [1.54, 1.807) is 10.6 Å². The van der Waals surface area contributed by atoms with Crippen molar-refractivity contribution in [2.24, 2.45) is 0 Å². The lowest BCUT2D eigenvalue weighted by molar-refractivity contribution is -0.120. The zero-order chi connectivity index (χ0) is 22.5. The second-order valence-corrected chi connectivity index (χ2v) is 8.79. The van der Waals surface area contributed by atoms with Gasteiger partial charge in [0.1, 0.15) is 0 Å². The number of rotatable bonds is 7. The third kappa shape index (κ3) is 4.60. The van der Waals surface area contributed by atoms with Crippen molar-refractivity contribution >= 4 is 28.6 Å². The van der Waals surface area contributed by atoms with E-state index in [1.807, 2.05) is 92.7 Å². The molecule has 1 aromatic heterocycles. The molecule has 6 heteroatoms. The summed E-state index contributed by atoms with van der Waals surface area (Å²) in [5.41, 5.74) is 2.58. The number of carbonyl (C=O) groups excluding carboxylic acids is 1. The van der Waals surface area contributed by atoms with Gasteiger partial charge in [0, 0.05) is 6.54 Å². The molecule has 4 rings (SSSR count). The number of fused-ring (bicyclic) bond motifs is 1. The van der Waals surface area contributed by atoms with Crippen molar-refractivity contribution in [3.8, 4) is 0 Å². The van der Waals surface area contributed by atoms with Gasteiger partial charge in [0.05, 0.1) is 22.2 Å². The largest absolute Gasteiger partial charge is 0.344 e. The lowest BCUT2D eigenvalue weighted by Gasteiger charge is -2.22. The Labute approximate surface area is 191 Å². The second kappa shape index (κ2) is 9.83. The van der Waals surface area contributed by atoms with Crippen molar-refractivity contribution in [3.05, 3.63) is 106 Å². The number of aromatic nitrogens is 2. The molecule has 1 atom stereocenters. The maximum atomic E-state index is 13.2. The minimum absolute atomic E-state index is 0.0837. The fraction of sp³-hybridized carbons (Fsp3) is 0.192. The van der Waals surface area contributed by atoms with E-state index >= 15 is 0 Å². The maximum absolute atomic E-state index is 13.2. The summed E-state index contributed by atoms with van der Waals surface area (Å²) in [5.74, 6) is -0.113. The van der Waals surface area contributed by atoms with E-state index in [0.29, 0.717) is 22.6 Å². The van der Waals surface area contributed by atoms with Crippen LogP contribution in [-0.2, 0) is 11.3 Å². The van der Waals surface area contributed by atoms with Crippen LogP contribution in [0.2, 0.25) is 0 Å². The van der Waals surface area contributed by atoms with Crippen LogP contribution in [0.25, 0.3) is 10.9 Å². The van der Waals surface area contributed by atoms with E-state index in [0.717, 1.165) is 11.1 Å². The zero-order valence-electron chi connectivity index (χ0n) is 18.1. The van der Waals surface area contributed by atoms with E-state index in [2.05, 4.69) is 10.3 Å². The van der Waals surface area contributed by atoms with Crippen LogP contribution in [-0.4, -0.2) is 20.7 Å². The first kappa shape index (κ1) is 21.8. The predicted molar refractivity (Wildman–Crippen MR) is 130 cm³/mol. The molecule has 32 heavy (non-hydrogen) atoms. The van der Waals surface area contributed by atoms with Gasteiger partial charge in [0.2, 0.25) is 5.91 Å². The zero-order valence-corrected chi connectivity index (χ0v) is 18.9. The Hall–Kier alpha value is -3.38. The van der Waals surface area contributed by atoms with Gasteiger partial charge in [-0.2, -0.15) is 0 Å². The molecule has 0 bridgehead atoms. The molecule has 162 valence electrons. The van der Waals surface area contributed by atoms with Crippen molar-refractivity contribution in [1.29, 1.82) is 0 Å². The van der Waals surface area contributed by atoms with Gasteiger partial charge in [-0.3, -0.25) is 14.2 Å². The van der Waals surface area contributed by atoms with E-state index in [9.17, 15) is 9.59 Å². The highest BCUT2D eigenvalue weighted by molar-refractivity contribution is 8.00. The van der Waals surface area contributed by atoms with E-state index in [1.165, 1.54) is 11.8 Å². The van der Waals surface area contributed by atoms with Gasteiger partial charge in [-0.05, 0) is 37.1 Å². The van der Waals surface area contributed by atoms with Gasteiger partial charge in [-0.25, -0.2) is 4.98 Å². The molecule has 1 N–H and O–H groups in total. The highest BCUT2D eigenvalue weighted by Crippen LogP contribution is 2.26. The summed E-state index contributed by atoms with van der Waals surface area (Å²) in [6.07, 6.45) is 0. The van der Waals surface area contributed by atoms with Crippen LogP contribution < -0.4 is 10.9 Å². The SMILES string of the molecule is CCn1c(SC(C)C(=O)NC(c2ccccc2)c2ccccc2)nc2ccccc2c1=O. The molecule has 0 aliphatic rings. The number of amides is 1. The van der Waals surface area contributed by atoms with Gasteiger partial charge in [0.25, 0.3) is 5.56 Å². The average Bonchev–Trinajstić information content (AvgIpc) is 2.83. The van der Waals surface area contributed by atoms with Crippen molar-refractivity contribution in [3.63, 3.8) is 0 Å². The first-order valence-electron chi connectivity index (χ1n) is 10.6. The standard InChI is InChI=1S/C26H25N3O2S/c1-3-29-25(31)21-16-10-11-17-22(21)27-26(29)32-18(2)24(30)28-23(19-12-6-4-7-13-19)20-14-8-5-9-15-20/h4-18,23H,3H2,1-2H3,(H,28,30). The molecular weight excluding hydrogens is 418 g/mol. The lowest BCUT2D eigenvalue weighted by Crippen LogP contribution is -2.35. The Bertz CT molecular complexity index is 1230. The van der Waals surface area contributed by atoms with Crippen molar-refractivity contribution < 1.29 is 4.79 Å². The summed E-state index contributed by atoms with van der Waals surface area (Å²) in [7, 11) is 0. The maximum Gasteiger partial charge on any atom is 0.262 e. The third-order valence-corrected chi connectivity index (χ3v) is 6.44. The number of nitrogens with one attached hydrogen (secondary N) is 1. The molecule has 5 nitrogen and oxygen atoms in total. The molecule has 0 radical (unpaired) electrons. The fourth-order valence-electron chi connectivity index (χ4n) is 3.64. The number of thioether (sulfide) groups is 1. The Morgan fingerprint density at radius 3 is 2.09 bits per heavy atom. The smallest absolute Gasteiger partial charge is 0.262 e. The Morgan fingerprint density at radius 2 is 1.50 bits per heavy atom. The summed E-state index contributed by atoms with van der Waals surface area (Å²) in [6, 6.07) is 26.9. The van der Waals surface area contributed by atoms with Gasteiger partial charge in [-0.15, -0.1) is 0 Å². The minimum atomic E-state index is -0.434. The van der Waals surface area contributed by atoms with E-state index < -0.39 is 5.25 Å². The monoisotopic (exact) mass is 443 g/mol. The number of benzene rings is 3. The Kier molecular flexibility index (Phi) is 6.71. The van der Waals surface area contributed by atoms with Crippen LogP contribution in [0.1, 0.15) is 31.0 Å². The lowest BCUT2D eigenvalue weighted by atomic mass is 9.98. The van der Waals surface area contributed by atoms with E-state index in [4.69, 9.17) is 0 Å². The topological polar surface area (TPSA) is 64.0 Å². The number of carbonyl (C=O) groups is 1. The Morgan fingerprint density at radius 1 is 0.938 bits per heavy atom. The van der Waals surface area contributed by atoms with Crippen molar-refractivity contribution in [2.75, 3.05) is 0 Å². The summed E-state index contributed by atoms with van der Waals surface area (Å²) < 4.78 is 1.63. The minimum Gasteiger partial charge on any atom is -0.344 e. The molecule has 1 unspecified atom stereocenters. The van der Waals surface area contributed by atoms with Gasteiger partial charge in [-0.1, -0.05) is 84.6 Å². The molecule has 0 saturated carbocycles. The molecule has 0 aliphatic carbocycles. The van der Waals surface area contributed by atoms with Gasteiger partial charge < -0.3 is 5.32 Å². The molecule has 0 saturated heterocycles. The number of nitrogens with zero attached hydrogens (tertiary/aromatic N) is 2. The number of hydrogen-bond acceptors (Lipinski definition) is 4. The van der Waals surface area contributed by atoms with Crippen LogP contribution in [0, 0.1) is 0 Å². The Balaban J connectivity index is 1.60. The van der Waals surface area contributed by atoms with Crippen LogP contribution in [0.4, 0.5) is 0 Å². The molecule has 3 aromatic carbocycles. The van der Waals surface area contributed by atoms with Crippen molar-refractivity contribution in [1.82, 2.24) is 14.9 Å². The average molecular weight is 444 g/mol. The van der Waals surface area contributed by atoms with Gasteiger partial charge >= 0.3 is 0 Å². The van der Waals surface area contributed by atoms with Crippen LogP contribution in [0.3, 0.4) is 0 Å². The molecule has 4 aromatic rings. The summed E-state index contributed by atoms with van der Waals surface area (Å²) in [4.78, 5) is 30.8. The van der Waals surface area contributed by atoms with Crippen LogP contribution >= 0.6 is 11.8 Å². The molecule has 0 spiro atoms. The van der Waals surface area contributed by atoms with E-state index in [-0.39, 0.29) is 17.5 Å². The molecule has 0 aliphatic heterocycles. The summed E-state index contributed by atoms with van der Waals surface area (Å²) >= 11 is 1.30. The fourth-order valence-corrected chi connectivity index (χ4v) is 4.62. The molecule has 1 amide bonds. The molecular formula is C26H25N3O2S. The highest BCUT2D eigenvalue weighted by atomic mass is 32.2. The summed E-state index contributed by atoms with van der Waals surface area (Å²) in [6.45, 7) is 4.24. The predicted octanol–water partition coefficient (Wildman–Crippen LogP) is 4.80. The first-order chi connectivity index (χ1) is 15.6. The van der Waals surface area contributed by atoms with Crippen LogP contribution in [0.15, 0.2) is 94.9 Å². The molecule has 1 heterocycles. The summed E-state index contributed by atoms with van der Waals surface area (Å²) in [5, 5.41) is 3.89. The first-order valence-corrected chi connectivity index (χ1v) is 11.5. The molecule has 0 fully saturated rings. The normalized spacial score (nSPS) is 12.1. The number of para-hydroxylation sites is 1. The second-order valence-electron chi connectivity index (χ2n) is 7.48. The highest BCUT2D eigenvalue weighted by Gasteiger charge is 2.23. The quantitative estimate of drug-likeness (QED) is 0.329. The van der Waals surface area contributed by atoms with Crippen LogP contribution in [0.5, 0.6) is 0 Å². The van der Waals surface area contributed by atoms with Crippen molar-refractivity contribution in [2.45, 2.75) is 36.8 Å². The number of hydrogen-bond donors (Lipinski definition) is 1.